The summed E-state index contributed by atoms with van der Waals surface area (Å²) in [7, 11) is 2.02. The summed E-state index contributed by atoms with van der Waals surface area (Å²) >= 11 is 0. The normalized spacial score (nSPS) is 12.9. The number of aromatic nitrogens is 2. The van der Waals surface area contributed by atoms with E-state index in [9.17, 15) is 34.9 Å². The molecule has 0 radical (unpaired) electrons. The van der Waals surface area contributed by atoms with Gasteiger partial charge in [0.2, 0.25) is 6.33 Å². The fourth-order valence-corrected chi connectivity index (χ4v) is 0.874. The molecule has 2 nitrogen and oxygen atoms in total. The molecule has 0 N–H and O–H groups in total. The third kappa shape index (κ3) is 4.71. The molecule has 0 atom stereocenters. The highest BCUT2D eigenvalue weighted by atomic mass is 19.4. The van der Waals surface area contributed by atoms with E-state index in [4.69, 9.17) is 0 Å². The summed E-state index contributed by atoms with van der Waals surface area (Å²) in [5.74, 6) is -6.56. The van der Waals surface area contributed by atoms with E-state index in [1.54, 1.807) is 0 Å². The second-order valence-electron chi connectivity index (χ2n) is 3.61. The molecule has 0 unspecified atom stereocenters. The molecule has 0 amide bonds. The number of nitrogens with zero attached hydrogens (tertiary/aromatic N) is 2. The van der Waals surface area contributed by atoms with Crippen LogP contribution in [0.2, 0.25) is 0 Å². The summed E-state index contributed by atoms with van der Waals surface area (Å²) < 4.78 is 92.0. The average Bonchev–Trinajstić information content (AvgIpc) is 2.62. The van der Waals surface area contributed by atoms with E-state index >= 15 is 0 Å². The highest BCUT2D eigenvalue weighted by molar-refractivity contribution is 6.61. The van der Waals surface area contributed by atoms with Crippen molar-refractivity contribution in [2.45, 2.75) is 25.5 Å². The van der Waals surface area contributed by atoms with Crippen LogP contribution >= 0.6 is 0 Å². The van der Waals surface area contributed by atoms with Crippen molar-refractivity contribution in [3.8, 4) is 0 Å². The van der Waals surface area contributed by atoms with E-state index in [-0.39, 0.29) is 0 Å². The first-order chi connectivity index (χ1) is 8.33. The molecular weight excluding hydrogens is 287 g/mol. The molecule has 0 fully saturated rings. The lowest BCUT2D eigenvalue weighted by atomic mass is 9.80. The van der Waals surface area contributed by atoms with Crippen molar-refractivity contribution in [1.82, 2.24) is 4.57 Å². The largest absolute Gasteiger partial charge is 0.558 e. The maximum absolute atomic E-state index is 11.2. The molecule has 0 aliphatic heterocycles. The minimum atomic E-state index is -7.21. The zero-order valence-corrected chi connectivity index (χ0v) is 9.93. The number of hydrogen-bond donors (Lipinski definition) is 0. The highest BCUT2D eigenvalue weighted by Crippen LogP contribution is 2.43. The zero-order chi connectivity index (χ0) is 15.5. The van der Waals surface area contributed by atoms with Gasteiger partial charge in [-0.1, -0.05) is 0 Å². The molecule has 0 aliphatic rings. The van der Waals surface area contributed by atoms with Crippen LogP contribution in [-0.2, 0) is 13.6 Å². The summed E-state index contributed by atoms with van der Waals surface area (Å²) in [5, 5.41) is 0. The average molecular weight is 298 g/mol. The van der Waals surface area contributed by atoms with Gasteiger partial charge < -0.3 is 12.9 Å². The van der Waals surface area contributed by atoms with Gasteiger partial charge in [-0.25, -0.2) is 17.9 Å². The number of alkyl halides is 5. The second kappa shape index (κ2) is 5.78. The number of imidazole rings is 1. The molecule has 1 heterocycles. The monoisotopic (exact) mass is 298 g/mol. The van der Waals surface area contributed by atoms with Gasteiger partial charge in [0, 0.05) is 0 Å². The lowest BCUT2D eigenvalue weighted by Crippen LogP contribution is -2.53. The van der Waals surface area contributed by atoms with Gasteiger partial charge in [0.15, 0.2) is 0 Å². The Bertz CT molecular complexity index is 378. The van der Waals surface area contributed by atoms with Gasteiger partial charge in [0.25, 0.3) is 0 Å². The van der Waals surface area contributed by atoms with Crippen molar-refractivity contribution >= 4 is 6.98 Å². The fourth-order valence-electron chi connectivity index (χ4n) is 0.874. The molecule has 0 saturated carbocycles. The number of aryl methyl sites for hydroxylation is 2. The summed E-state index contributed by atoms with van der Waals surface area (Å²) in [6, 6.07) is 0. The van der Waals surface area contributed by atoms with Crippen molar-refractivity contribution in [2.24, 2.45) is 7.05 Å². The Labute approximate surface area is 103 Å². The van der Waals surface area contributed by atoms with Gasteiger partial charge in [-0.2, -0.15) is 13.2 Å². The molecule has 112 valence electrons. The lowest BCUT2D eigenvalue weighted by molar-refractivity contribution is -0.671. The number of rotatable bonds is 2. The van der Waals surface area contributed by atoms with Crippen LogP contribution in [0, 0.1) is 0 Å². The molecule has 19 heavy (non-hydrogen) atoms. The molecule has 0 bridgehead atoms. The standard InChI is InChI=1S/C6H11N2.C2BF8/c1-3-8-5-4-7(2)6-8;4-1(5,2(6,7)8)3(9,10)11/h4-6H,3H2,1-2H3;/q+1;-1. The van der Waals surface area contributed by atoms with E-state index in [2.05, 4.69) is 24.0 Å². The van der Waals surface area contributed by atoms with E-state index in [0.717, 1.165) is 6.54 Å². The van der Waals surface area contributed by atoms with Gasteiger partial charge >= 0.3 is 19.0 Å². The molecule has 1 aromatic heterocycles. The minimum Gasteiger partial charge on any atom is -0.445 e. The Morgan fingerprint density at radius 1 is 1.11 bits per heavy atom. The van der Waals surface area contributed by atoms with Crippen LogP contribution in [0.1, 0.15) is 6.92 Å². The van der Waals surface area contributed by atoms with E-state index in [1.165, 1.54) is 0 Å². The first kappa shape index (κ1) is 17.7. The van der Waals surface area contributed by atoms with Crippen LogP contribution in [0.15, 0.2) is 18.7 Å². The van der Waals surface area contributed by atoms with Gasteiger partial charge in [0.05, 0.1) is 13.6 Å². The molecule has 0 aromatic carbocycles. The van der Waals surface area contributed by atoms with Crippen molar-refractivity contribution in [2.75, 3.05) is 0 Å². The third-order valence-corrected chi connectivity index (χ3v) is 1.98. The van der Waals surface area contributed by atoms with Crippen LogP contribution < -0.4 is 4.57 Å². The Balaban J connectivity index is 0.000000356. The lowest BCUT2D eigenvalue weighted by Gasteiger charge is -2.28. The third-order valence-electron chi connectivity index (χ3n) is 1.98. The molecular formula is C8H11BF8N2. The predicted octanol–water partition coefficient (Wildman–Crippen LogP) is 2.90. The summed E-state index contributed by atoms with van der Waals surface area (Å²) in [4.78, 5) is 0. The molecule has 0 spiro atoms. The van der Waals surface area contributed by atoms with Crippen molar-refractivity contribution in [3.63, 3.8) is 0 Å². The Hall–Kier alpha value is -1.29. The molecule has 0 aliphatic carbocycles. The smallest absolute Gasteiger partial charge is 0.445 e. The SMILES string of the molecule is CCn1cc[n+](C)c1.F[B-](F)(F)C(F)(F)C(F)(F)F. The topological polar surface area (TPSA) is 8.81 Å². The fraction of sp³-hybridized carbons (Fsp3) is 0.625. The Kier molecular flexibility index (Phi) is 5.39. The Morgan fingerprint density at radius 2 is 1.58 bits per heavy atom. The molecule has 1 aromatic rings. The minimum absolute atomic E-state index is 1.06. The predicted molar refractivity (Wildman–Crippen MR) is 51.4 cm³/mol. The van der Waals surface area contributed by atoms with Gasteiger partial charge in [-0.3, -0.25) is 0 Å². The molecule has 11 heteroatoms. The first-order valence-corrected chi connectivity index (χ1v) is 4.97. The van der Waals surface area contributed by atoms with E-state index in [0.29, 0.717) is 0 Å². The quantitative estimate of drug-likeness (QED) is 0.451. The summed E-state index contributed by atoms with van der Waals surface area (Å²) in [6.07, 6.45) is -0.408. The maximum Gasteiger partial charge on any atom is 0.558 e. The molecule has 1 rings (SSSR count). The van der Waals surface area contributed by atoms with Crippen LogP contribution in [-0.4, -0.2) is 23.5 Å². The van der Waals surface area contributed by atoms with E-state index in [1.807, 2.05) is 17.8 Å². The zero-order valence-electron chi connectivity index (χ0n) is 9.93. The van der Waals surface area contributed by atoms with Gasteiger partial charge in [0.1, 0.15) is 12.4 Å². The Morgan fingerprint density at radius 3 is 1.68 bits per heavy atom. The van der Waals surface area contributed by atoms with Crippen molar-refractivity contribution in [3.05, 3.63) is 18.7 Å². The van der Waals surface area contributed by atoms with Crippen molar-refractivity contribution < 1.29 is 39.5 Å². The van der Waals surface area contributed by atoms with Crippen molar-refractivity contribution in [1.29, 1.82) is 0 Å². The summed E-state index contributed by atoms with van der Waals surface area (Å²) in [5.41, 5.74) is 0. The molecule has 0 saturated heterocycles. The number of hydrogen-bond acceptors (Lipinski definition) is 0. The van der Waals surface area contributed by atoms with Gasteiger partial charge in [-0.05, 0) is 6.92 Å². The van der Waals surface area contributed by atoms with Gasteiger partial charge in [-0.15, -0.1) is 0 Å². The first-order valence-electron chi connectivity index (χ1n) is 4.97. The second-order valence-corrected chi connectivity index (χ2v) is 3.61. The van der Waals surface area contributed by atoms with Crippen LogP contribution in [0.4, 0.5) is 34.9 Å². The van der Waals surface area contributed by atoms with Crippen LogP contribution in [0.3, 0.4) is 0 Å². The van der Waals surface area contributed by atoms with Crippen LogP contribution in [0.25, 0.3) is 0 Å². The van der Waals surface area contributed by atoms with E-state index < -0.39 is 19.0 Å². The maximum atomic E-state index is 11.2. The highest BCUT2D eigenvalue weighted by Gasteiger charge is 2.69. The summed E-state index contributed by atoms with van der Waals surface area (Å²) in [6.45, 7) is -4.03. The number of halogens is 8. The van der Waals surface area contributed by atoms with Crippen LogP contribution in [0.5, 0.6) is 0 Å².